The van der Waals surface area contributed by atoms with E-state index in [1.807, 2.05) is 0 Å². The second-order valence-electron chi connectivity index (χ2n) is 5.54. The van der Waals surface area contributed by atoms with Gasteiger partial charge in [-0.25, -0.2) is 9.48 Å². The number of hydrogen-bond donors (Lipinski definition) is 1. The van der Waals surface area contributed by atoms with Crippen LogP contribution >= 0.6 is 39.1 Å². The minimum atomic E-state index is -0.538. The van der Waals surface area contributed by atoms with E-state index < -0.39 is 11.3 Å². The molecular weight excluding hydrogens is 449 g/mol. The van der Waals surface area contributed by atoms with E-state index in [2.05, 4.69) is 26.1 Å². The number of halogens is 3. The first-order valence-electron chi connectivity index (χ1n) is 7.27. The Hall–Kier alpha value is -2.10. The highest BCUT2D eigenvalue weighted by Gasteiger charge is 2.22. The highest BCUT2D eigenvalue weighted by atomic mass is 79.9. The Balaban J connectivity index is 2.08. The summed E-state index contributed by atoms with van der Waals surface area (Å²) < 4.78 is 4.00. The van der Waals surface area contributed by atoms with Crippen LogP contribution in [-0.4, -0.2) is 29.9 Å². The fourth-order valence-electron chi connectivity index (χ4n) is 2.40. The average molecular weight is 461 g/mol. The maximum absolute atomic E-state index is 12.7. The summed E-state index contributed by atoms with van der Waals surface area (Å²) in [4.78, 5) is 36.8. The quantitative estimate of drug-likeness (QED) is 0.602. The number of H-pyrrole nitrogens is 1. The number of benzene rings is 1. The van der Waals surface area contributed by atoms with Gasteiger partial charge in [-0.3, -0.25) is 18.8 Å². The van der Waals surface area contributed by atoms with Crippen molar-refractivity contribution < 1.29 is 4.79 Å². The van der Waals surface area contributed by atoms with E-state index in [0.717, 1.165) is 0 Å². The van der Waals surface area contributed by atoms with Crippen LogP contribution in [0, 0.1) is 0 Å². The third kappa shape index (κ3) is 3.06. The van der Waals surface area contributed by atoms with Gasteiger partial charge in [0.1, 0.15) is 5.56 Å². The molecule has 0 radical (unpaired) electrons. The van der Waals surface area contributed by atoms with Gasteiger partial charge >= 0.3 is 5.69 Å². The highest BCUT2D eigenvalue weighted by Crippen LogP contribution is 2.30. The Morgan fingerprint density at radius 3 is 2.46 bits per heavy atom. The molecule has 0 atom stereocenters. The predicted octanol–water partition coefficient (Wildman–Crippen LogP) is 1.96. The predicted molar refractivity (Wildman–Crippen MR) is 100 cm³/mol. The van der Waals surface area contributed by atoms with Crippen molar-refractivity contribution in [2.24, 2.45) is 14.1 Å². The van der Waals surface area contributed by atoms with E-state index in [1.165, 1.54) is 39.3 Å². The normalized spacial score (nSPS) is 11.1. The summed E-state index contributed by atoms with van der Waals surface area (Å²) in [6, 6.07) is 2.94. The summed E-state index contributed by atoms with van der Waals surface area (Å²) in [6.07, 6.45) is 1.32. The van der Waals surface area contributed by atoms with Crippen molar-refractivity contribution in [3.05, 3.63) is 70.6 Å². The summed E-state index contributed by atoms with van der Waals surface area (Å²) in [5.74, 6) is -0.538. The van der Waals surface area contributed by atoms with Gasteiger partial charge in [0.05, 0.1) is 11.6 Å². The molecule has 0 bridgehead atoms. The van der Waals surface area contributed by atoms with Gasteiger partial charge in [-0.1, -0.05) is 23.2 Å². The first kappa shape index (κ1) is 18.7. The van der Waals surface area contributed by atoms with E-state index in [0.29, 0.717) is 10.3 Å². The molecule has 0 aliphatic heterocycles. The number of aromatic nitrogens is 5. The van der Waals surface area contributed by atoms with E-state index in [4.69, 9.17) is 23.2 Å². The molecule has 0 saturated heterocycles. The molecule has 0 spiro atoms. The van der Waals surface area contributed by atoms with E-state index in [-0.39, 0.29) is 33.4 Å². The van der Waals surface area contributed by atoms with E-state index in [1.54, 1.807) is 7.05 Å². The molecule has 1 aromatic carbocycles. The van der Waals surface area contributed by atoms with Crippen molar-refractivity contribution in [3.63, 3.8) is 0 Å². The summed E-state index contributed by atoms with van der Waals surface area (Å²) in [6.45, 7) is -0.0256. The fourth-order valence-corrected chi connectivity index (χ4v) is 3.32. The first-order chi connectivity index (χ1) is 12.2. The average Bonchev–Trinajstić information content (AvgIpc) is 3.05. The van der Waals surface area contributed by atoms with Gasteiger partial charge in [-0.2, -0.15) is 0 Å². The van der Waals surface area contributed by atoms with Crippen LogP contribution in [0.5, 0.6) is 0 Å². The van der Waals surface area contributed by atoms with Gasteiger partial charge in [-0.15, -0.1) is 5.10 Å². The largest absolute Gasteiger partial charge is 0.346 e. The molecule has 0 amide bonds. The number of carbonyl (C=O) groups excluding carboxylic acids is 1. The third-order valence-corrected chi connectivity index (χ3v) is 5.38. The van der Waals surface area contributed by atoms with Gasteiger partial charge in [0.15, 0.2) is 0 Å². The lowest BCUT2D eigenvalue weighted by molar-refractivity contribution is 0.103. The number of nitrogens with zero attached hydrogens (tertiary/aromatic N) is 4. The second kappa shape index (κ2) is 6.90. The Bertz CT molecular complexity index is 1140. The lowest BCUT2D eigenvalue weighted by Crippen LogP contribution is -2.24. The summed E-state index contributed by atoms with van der Waals surface area (Å²) in [5, 5.41) is 7.05. The number of nitrogens with one attached hydrogen (secondary N) is 1. The van der Waals surface area contributed by atoms with Crippen LogP contribution in [-0.2, 0) is 20.6 Å². The maximum Gasteiger partial charge on any atom is 0.346 e. The number of carbonyl (C=O) groups is 1. The Morgan fingerprint density at radius 2 is 1.92 bits per heavy atom. The van der Waals surface area contributed by atoms with Gasteiger partial charge in [-0.05, 0) is 28.1 Å². The van der Waals surface area contributed by atoms with Crippen molar-refractivity contribution in [3.8, 4) is 0 Å². The van der Waals surface area contributed by atoms with Crippen molar-refractivity contribution in [2.75, 3.05) is 0 Å². The Kier molecular flexibility index (Phi) is 4.96. The van der Waals surface area contributed by atoms with E-state index >= 15 is 0 Å². The molecular formula is C15H12BrCl2N5O3. The molecule has 2 heterocycles. The lowest BCUT2D eigenvalue weighted by Gasteiger charge is -2.10. The molecule has 0 aliphatic carbocycles. The molecule has 0 saturated carbocycles. The topological polar surface area (TPSA) is 94.7 Å². The number of ketones is 1. The van der Waals surface area contributed by atoms with Crippen molar-refractivity contribution in [1.29, 1.82) is 0 Å². The first-order valence-corrected chi connectivity index (χ1v) is 8.82. The minimum absolute atomic E-state index is 0.0256. The fraction of sp³-hybridized carbons (Fsp3) is 0.200. The number of hydrogen-bond acceptors (Lipinski definition) is 4. The molecule has 1 N–H and O–H groups in total. The summed E-state index contributed by atoms with van der Waals surface area (Å²) >= 11 is 15.8. The molecule has 3 rings (SSSR count). The highest BCUT2D eigenvalue weighted by molar-refractivity contribution is 9.10. The molecule has 3 aromatic rings. The van der Waals surface area contributed by atoms with Crippen LogP contribution in [0.4, 0.5) is 0 Å². The smallest absolute Gasteiger partial charge is 0.302 e. The zero-order chi connectivity index (χ0) is 19.2. The number of aryl methyl sites for hydroxylation is 1. The van der Waals surface area contributed by atoms with Crippen molar-refractivity contribution >= 4 is 44.9 Å². The van der Waals surface area contributed by atoms with Crippen LogP contribution in [0.3, 0.4) is 0 Å². The molecule has 2 aromatic heterocycles. The molecule has 11 heteroatoms. The van der Waals surface area contributed by atoms with Gasteiger partial charge in [0, 0.05) is 36.4 Å². The lowest BCUT2D eigenvalue weighted by atomic mass is 10.0. The van der Waals surface area contributed by atoms with Crippen LogP contribution in [0.2, 0.25) is 10.0 Å². The molecule has 26 heavy (non-hydrogen) atoms. The monoisotopic (exact) mass is 459 g/mol. The standard InChI is InChI=1S/C15H12BrCl2N5O3/c1-21-14(16)20-23(15(21)26)6-9-10(17)4-3-7(11(9)18)12(24)8-5-19-22(2)13(8)25/h3-5,19H,6H2,1-2H3. The number of aromatic amines is 1. The maximum atomic E-state index is 12.7. The molecule has 136 valence electrons. The molecule has 8 nitrogen and oxygen atoms in total. The van der Waals surface area contributed by atoms with Gasteiger partial charge in [0.25, 0.3) is 5.56 Å². The van der Waals surface area contributed by atoms with Gasteiger partial charge < -0.3 is 5.10 Å². The Morgan fingerprint density at radius 1 is 1.23 bits per heavy atom. The van der Waals surface area contributed by atoms with Crippen LogP contribution < -0.4 is 11.2 Å². The van der Waals surface area contributed by atoms with Crippen LogP contribution in [0.1, 0.15) is 21.5 Å². The SMILES string of the molecule is Cn1[nH]cc(C(=O)c2ccc(Cl)c(Cn3nc(Br)n(C)c3=O)c2Cl)c1=O. The number of rotatable bonds is 4. The second-order valence-corrected chi connectivity index (χ2v) is 7.03. The molecule has 0 aliphatic rings. The third-order valence-electron chi connectivity index (χ3n) is 3.91. The van der Waals surface area contributed by atoms with Crippen molar-refractivity contribution in [2.45, 2.75) is 6.54 Å². The summed E-state index contributed by atoms with van der Waals surface area (Å²) in [7, 11) is 3.06. The molecule has 0 unspecified atom stereocenters. The van der Waals surface area contributed by atoms with Crippen molar-refractivity contribution in [1.82, 2.24) is 24.1 Å². The zero-order valence-corrected chi connectivity index (χ0v) is 16.7. The van der Waals surface area contributed by atoms with E-state index in [9.17, 15) is 14.4 Å². The van der Waals surface area contributed by atoms with Gasteiger partial charge in [0.2, 0.25) is 10.5 Å². The van der Waals surface area contributed by atoms with Crippen LogP contribution in [0.15, 0.2) is 32.7 Å². The van der Waals surface area contributed by atoms with Crippen LogP contribution in [0.25, 0.3) is 0 Å². The Labute approximate surface area is 165 Å². The minimum Gasteiger partial charge on any atom is -0.302 e. The summed E-state index contributed by atoms with van der Waals surface area (Å²) in [5.41, 5.74) is -0.404. The molecule has 0 fully saturated rings. The zero-order valence-electron chi connectivity index (χ0n) is 13.6.